The topological polar surface area (TPSA) is 104 Å². The van der Waals surface area contributed by atoms with E-state index in [1.165, 1.54) is 0 Å². The van der Waals surface area contributed by atoms with Gasteiger partial charge < -0.3 is 20.9 Å². The first-order chi connectivity index (χ1) is 6.94. The average molecular weight is 215 g/mol. The molecule has 1 aliphatic carbocycles. The van der Waals surface area contributed by atoms with Gasteiger partial charge in [-0.15, -0.1) is 0 Å². The van der Waals surface area contributed by atoms with Crippen LogP contribution in [0.25, 0.3) is 0 Å². The van der Waals surface area contributed by atoms with Gasteiger partial charge in [0.25, 0.3) is 0 Å². The van der Waals surface area contributed by atoms with Gasteiger partial charge in [0.2, 0.25) is 0 Å². The number of rotatable bonds is 4. The maximum Gasteiger partial charge on any atom is 0.451 e. The summed E-state index contributed by atoms with van der Waals surface area (Å²) in [7, 11) is -1.30. The molecule has 0 aromatic rings. The zero-order chi connectivity index (χ0) is 11.5. The highest BCUT2D eigenvalue weighted by molar-refractivity contribution is 6.40. The second-order valence-electron chi connectivity index (χ2n) is 4.48. The molecule has 0 unspecified atom stereocenters. The molecule has 0 amide bonds. The van der Waals surface area contributed by atoms with Crippen molar-refractivity contribution in [2.75, 3.05) is 0 Å². The number of hydrogen-bond donors (Lipinski definition) is 4. The molecule has 0 aromatic heterocycles. The van der Waals surface area contributed by atoms with Gasteiger partial charge in [0, 0.05) is 0 Å². The Morgan fingerprint density at radius 2 is 2.20 bits per heavy atom. The summed E-state index contributed by atoms with van der Waals surface area (Å²) in [5.41, 5.74) is 4.67. The van der Waals surface area contributed by atoms with Crippen LogP contribution in [0.5, 0.6) is 0 Å². The molecule has 0 heterocycles. The molecular weight excluding hydrogens is 197 g/mol. The van der Waals surface area contributed by atoms with Crippen LogP contribution in [0.3, 0.4) is 0 Å². The normalized spacial score (nSPS) is 31.3. The molecule has 6 heteroatoms. The first kappa shape index (κ1) is 12.5. The minimum Gasteiger partial charge on any atom is -0.480 e. The fourth-order valence-electron chi connectivity index (χ4n) is 2.25. The lowest BCUT2D eigenvalue weighted by Crippen LogP contribution is -2.51. The van der Waals surface area contributed by atoms with Crippen LogP contribution in [0.15, 0.2) is 0 Å². The summed E-state index contributed by atoms with van der Waals surface area (Å²) in [5.74, 6) is -0.751. The molecule has 1 rings (SSSR count). The quantitative estimate of drug-likeness (QED) is 0.487. The summed E-state index contributed by atoms with van der Waals surface area (Å²) in [4.78, 5) is 10.9. The molecule has 0 aromatic carbocycles. The molecule has 86 valence electrons. The highest BCUT2D eigenvalue weighted by Gasteiger charge is 2.39. The van der Waals surface area contributed by atoms with Crippen LogP contribution < -0.4 is 5.73 Å². The van der Waals surface area contributed by atoms with Crippen LogP contribution in [0.2, 0.25) is 6.32 Å². The molecule has 0 aliphatic heterocycles. The minimum absolute atomic E-state index is 0.196. The van der Waals surface area contributed by atoms with Crippen molar-refractivity contribution in [3.05, 3.63) is 0 Å². The minimum atomic E-state index is -1.30. The number of carbonyl (C=O) groups is 1. The van der Waals surface area contributed by atoms with E-state index in [0.29, 0.717) is 25.6 Å². The van der Waals surface area contributed by atoms with Crippen LogP contribution in [0.4, 0.5) is 0 Å². The molecular formula is C9H18BNO4. The number of hydrogen-bond acceptors (Lipinski definition) is 4. The fraction of sp³-hybridized carbons (Fsp3) is 0.889. The van der Waals surface area contributed by atoms with Crippen LogP contribution >= 0.6 is 0 Å². The van der Waals surface area contributed by atoms with Crippen LogP contribution in [-0.4, -0.2) is 33.8 Å². The molecule has 1 saturated carbocycles. The Kier molecular flexibility index (Phi) is 4.13. The van der Waals surface area contributed by atoms with Crippen molar-refractivity contribution in [3.63, 3.8) is 0 Å². The van der Waals surface area contributed by atoms with Gasteiger partial charge in [-0.2, -0.15) is 0 Å². The monoisotopic (exact) mass is 215 g/mol. The summed E-state index contributed by atoms with van der Waals surface area (Å²) in [6.45, 7) is 0. The molecule has 5 nitrogen and oxygen atoms in total. The molecule has 1 fully saturated rings. The van der Waals surface area contributed by atoms with E-state index in [-0.39, 0.29) is 5.92 Å². The Morgan fingerprint density at radius 1 is 1.53 bits per heavy atom. The third-order valence-electron chi connectivity index (χ3n) is 3.15. The van der Waals surface area contributed by atoms with Crippen molar-refractivity contribution >= 4 is 13.1 Å². The molecule has 1 aliphatic rings. The molecule has 0 spiro atoms. The Hall–Kier alpha value is -0.585. The van der Waals surface area contributed by atoms with Gasteiger partial charge >= 0.3 is 13.1 Å². The van der Waals surface area contributed by atoms with Crippen molar-refractivity contribution in [1.29, 1.82) is 0 Å². The zero-order valence-corrected chi connectivity index (χ0v) is 8.72. The summed E-state index contributed by atoms with van der Waals surface area (Å²) in [6.07, 6.45) is 3.60. The van der Waals surface area contributed by atoms with Gasteiger partial charge in [-0.3, -0.25) is 4.79 Å². The molecule has 5 N–H and O–H groups in total. The van der Waals surface area contributed by atoms with Gasteiger partial charge in [0.1, 0.15) is 5.54 Å². The van der Waals surface area contributed by atoms with E-state index in [4.69, 9.17) is 20.9 Å². The SMILES string of the molecule is N[C@]1(C(=O)O)CCC[C@H](CCB(O)O)C1. The van der Waals surface area contributed by atoms with Crippen molar-refractivity contribution in [2.24, 2.45) is 11.7 Å². The number of carboxylic acids is 1. The second-order valence-corrected chi connectivity index (χ2v) is 4.48. The number of aliphatic carboxylic acids is 1. The second kappa shape index (κ2) is 4.96. The third kappa shape index (κ3) is 3.48. The Bertz CT molecular complexity index is 236. The molecule has 0 bridgehead atoms. The van der Waals surface area contributed by atoms with Crippen molar-refractivity contribution in [1.82, 2.24) is 0 Å². The van der Waals surface area contributed by atoms with Gasteiger partial charge in [-0.05, 0) is 25.1 Å². The number of carboxylic acid groups (broad SMARTS) is 1. The summed E-state index contributed by atoms with van der Waals surface area (Å²) in [5, 5.41) is 26.4. The molecule has 0 saturated heterocycles. The van der Waals surface area contributed by atoms with E-state index in [0.717, 1.165) is 12.8 Å². The lowest BCUT2D eigenvalue weighted by atomic mass is 9.71. The van der Waals surface area contributed by atoms with E-state index in [9.17, 15) is 4.79 Å². The van der Waals surface area contributed by atoms with Gasteiger partial charge in [-0.1, -0.05) is 19.3 Å². The van der Waals surface area contributed by atoms with E-state index >= 15 is 0 Å². The fourth-order valence-corrected chi connectivity index (χ4v) is 2.25. The third-order valence-corrected chi connectivity index (χ3v) is 3.15. The van der Waals surface area contributed by atoms with Crippen LogP contribution in [-0.2, 0) is 4.79 Å². The first-order valence-corrected chi connectivity index (χ1v) is 5.32. The number of nitrogens with two attached hydrogens (primary N) is 1. The van der Waals surface area contributed by atoms with Gasteiger partial charge in [0.05, 0.1) is 0 Å². The average Bonchev–Trinajstić information content (AvgIpc) is 2.15. The first-order valence-electron chi connectivity index (χ1n) is 5.32. The summed E-state index contributed by atoms with van der Waals surface area (Å²) in [6, 6.07) is 0. The predicted molar refractivity (Wildman–Crippen MR) is 56.1 cm³/mol. The molecule has 2 atom stereocenters. The Labute approximate surface area is 89.4 Å². The Morgan fingerprint density at radius 3 is 2.73 bits per heavy atom. The van der Waals surface area contributed by atoms with Crippen molar-refractivity contribution in [3.8, 4) is 0 Å². The van der Waals surface area contributed by atoms with E-state index in [2.05, 4.69) is 0 Å². The molecule has 15 heavy (non-hydrogen) atoms. The maximum atomic E-state index is 10.9. The highest BCUT2D eigenvalue weighted by Crippen LogP contribution is 2.33. The van der Waals surface area contributed by atoms with Crippen LogP contribution in [0.1, 0.15) is 32.1 Å². The zero-order valence-electron chi connectivity index (χ0n) is 8.72. The predicted octanol–water partition coefficient (Wildman–Crippen LogP) is -0.178. The maximum absolute atomic E-state index is 10.9. The standard InChI is InChI=1S/C9H18BNO4/c11-9(8(12)13)4-1-2-7(6-9)3-5-10(14)15/h7,14-15H,1-6,11H2,(H,12,13)/t7-,9-/m1/s1. The van der Waals surface area contributed by atoms with Crippen molar-refractivity contribution < 1.29 is 19.9 Å². The molecule has 0 radical (unpaired) electrons. The smallest absolute Gasteiger partial charge is 0.451 e. The van der Waals surface area contributed by atoms with E-state index in [1.54, 1.807) is 0 Å². The lowest BCUT2D eigenvalue weighted by molar-refractivity contribution is -0.145. The lowest BCUT2D eigenvalue weighted by Gasteiger charge is -2.34. The van der Waals surface area contributed by atoms with E-state index < -0.39 is 18.6 Å². The highest BCUT2D eigenvalue weighted by atomic mass is 16.4. The largest absolute Gasteiger partial charge is 0.480 e. The van der Waals surface area contributed by atoms with Gasteiger partial charge in [0.15, 0.2) is 0 Å². The van der Waals surface area contributed by atoms with Gasteiger partial charge in [-0.25, -0.2) is 0 Å². The van der Waals surface area contributed by atoms with Crippen molar-refractivity contribution in [2.45, 2.75) is 44.0 Å². The summed E-state index contributed by atoms with van der Waals surface area (Å²) >= 11 is 0. The Balaban J connectivity index is 2.45. The summed E-state index contributed by atoms with van der Waals surface area (Å²) < 4.78 is 0. The van der Waals surface area contributed by atoms with Crippen LogP contribution in [0, 0.1) is 5.92 Å². The van der Waals surface area contributed by atoms with E-state index in [1.807, 2.05) is 0 Å².